The van der Waals surface area contributed by atoms with E-state index in [9.17, 15) is 22.8 Å². The van der Waals surface area contributed by atoms with Crippen LogP contribution in [0.2, 0.25) is 0 Å². The summed E-state index contributed by atoms with van der Waals surface area (Å²) in [5, 5.41) is 1.84. The highest BCUT2D eigenvalue weighted by atomic mass is 19.4. The number of alkyl halides is 3. The predicted octanol–water partition coefficient (Wildman–Crippen LogP) is 11.0. The lowest BCUT2D eigenvalue weighted by Gasteiger charge is -2.19. The Kier molecular flexibility index (Phi) is 15.7. The third kappa shape index (κ3) is 13.3. The number of carbonyl (C=O) groups excluding carboxylic acids is 2. The van der Waals surface area contributed by atoms with Gasteiger partial charge in [0.15, 0.2) is 6.10 Å². The van der Waals surface area contributed by atoms with Crippen molar-refractivity contribution >= 4 is 28.8 Å². The summed E-state index contributed by atoms with van der Waals surface area (Å²) in [6.07, 6.45) is 8.03. The van der Waals surface area contributed by atoms with E-state index in [0.29, 0.717) is 36.3 Å². The summed E-state index contributed by atoms with van der Waals surface area (Å²) in [7, 11) is 0. The summed E-state index contributed by atoms with van der Waals surface area (Å²) in [6.45, 7) is 4.88. The molecule has 250 valence electrons. The number of ether oxygens (including phenoxy) is 3. The maximum atomic E-state index is 13.3. The molecule has 0 heterocycles. The lowest BCUT2D eigenvalue weighted by atomic mass is 10.1. The van der Waals surface area contributed by atoms with Gasteiger partial charge in [-0.15, -0.1) is 0 Å². The van der Waals surface area contributed by atoms with Crippen LogP contribution in [0.1, 0.15) is 113 Å². The third-order valence-electron chi connectivity index (χ3n) is 7.76. The average molecular weight is 641 g/mol. The van der Waals surface area contributed by atoms with Crippen LogP contribution in [-0.2, 0) is 9.53 Å². The summed E-state index contributed by atoms with van der Waals surface area (Å²) in [5.41, 5.74) is 0.926. The molecule has 0 aliphatic heterocycles. The monoisotopic (exact) mass is 640 g/mol. The number of hydrogen-bond donors (Lipinski definition) is 0. The van der Waals surface area contributed by atoms with E-state index in [-0.39, 0.29) is 6.42 Å². The van der Waals surface area contributed by atoms with Gasteiger partial charge in [-0.2, -0.15) is 13.2 Å². The molecule has 0 saturated heterocycles. The first-order valence-electron chi connectivity index (χ1n) is 16.6. The van der Waals surface area contributed by atoms with E-state index >= 15 is 0 Å². The van der Waals surface area contributed by atoms with E-state index in [2.05, 4.69) is 6.92 Å². The Morgan fingerprint density at radius 2 is 1.30 bits per heavy atom. The van der Waals surface area contributed by atoms with Gasteiger partial charge >= 0.3 is 18.1 Å². The fraction of sp³-hybridized carbons (Fsp3) is 0.474. The van der Waals surface area contributed by atoms with Gasteiger partial charge in [-0.05, 0) is 78.1 Å². The number of fused-ring (bicyclic) bond motifs is 1. The molecule has 46 heavy (non-hydrogen) atoms. The smallest absolute Gasteiger partial charge is 0.425 e. The van der Waals surface area contributed by atoms with Crippen molar-refractivity contribution in [2.75, 3.05) is 6.61 Å². The molecular weight excluding hydrogens is 593 g/mol. The van der Waals surface area contributed by atoms with Crippen molar-refractivity contribution in [1.29, 1.82) is 0 Å². The second-order valence-corrected chi connectivity index (χ2v) is 11.7. The van der Waals surface area contributed by atoms with Gasteiger partial charge in [0.05, 0.1) is 12.2 Å². The Bertz CT molecular complexity index is 1380. The van der Waals surface area contributed by atoms with Crippen molar-refractivity contribution in [2.45, 2.75) is 110 Å². The number of carbonyl (C=O) groups is 2. The number of esters is 2. The predicted molar refractivity (Wildman–Crippen MR) is 177 cm³/mol. The molecule has 0 saturated carbocycles. The zero-order valence-electron chi connectivity index (χ0n) is 27.1. The molecule has 0 amide bonds. The highest BCUT2D eigenvalue weighted by Gasteiger charge is 2.42. The Hall–Kier alpha value is -3.81. The molecule has 0 bridgehead atoms. The van der Waals surface area contributed by atoms with Gasteiger partial charge in [-0.1, -0.05) is 102 Å². The summed E-state index contributed by atoms with van der Waals surface area (Å²) in [5.74, 6) is -0.498. The van der Waals surface area contributed by atoms with E-state index in [4.69, 9.17) is 14.2 Å². The van der Waals surface area contributed by atoms with Crippen molar-refractivity contribution in [3.8, 4) is 11.5 Å². The first-order valence-corrected chi connectivity index (χ1v) is 16.6. The molecule has 0 spiro atoms. The Balaban J connectivity index is 1.46. The normalized spacial score (nSPS) is 12.4. The molecule has 0 aliphatic carbocycles. The highest BCUT2D eigenvalue weighted by Crippen LogP contribution is 2.28. The molecule has 0 N–H and O–H groups in total. The van der Waals surface area contributed by atoms with Crippen LogP contribution in [0.4, 0.5) is 13.2 Å². The number of rotatable bonds is 20. The van der Waals surface area contributed by atoms with Crippen LogP contribution >= 0.6 is 0 Å². The largest absolute Gasteiger partial charge is 0.494 e. The van der Waals surface area contributed by atoms with Gasteiger partial charge in [-0.25, -0.2) is 9.59 Å². The van der Waals surface area contributed by atoms with Crippen molar-refractivity contribution in [3.05, 3.63) is 77.9 Å². The summed E-state index contributed by atoms with van der Waals surface area (Å²) >= 11 is 0. The molecule has 3 rings (SSSR count). The van der Waals surface area contributed by atoms with E-state index in [1.165, 1.54) is 51.0 Å². The van der Waals surface area contributed by atoms with Gasteiger partial charge in [0, 0.05) is 6.08 Å². The molecule has 0 aliphatic rings. The van der Waals surface area contributed by atoms with Crippen molar-refractivity contribution < 1.29 is 37.0 Å². The third-order valence-corrected chi connectivity index (χ3v) is 7.76. The molecule has 8 heteroatoms. The maximum Gasteiger partial charge on any atom is 0.425 e. The minimum absolute atomic E-state index is 0.255. The second kappa shape index (κ2) is 19.6. The van der Waals surface area contributed by atoms with E-state index in [1.807, 2.05) is 31.2 Å². The Morgan fingerprint density at radius 3 is 1.98 bits per heavy atom. The lowest BCUT2D eigenvalue weighted by molar-refractivity contribution is -0.220. The molecule has 0 fully saturated rings. The van der Waals surface area contributed by atoms with Crippen LogP contribution < -0.4 is 9.47 Å². The van der Waals surface area contributed by atoms with Crippen molar-refractivity contribution in [2.24, 2.45) is 0 Å². The van der Waals surface area contributed by atoms with Gasteiger partial charge in [0.25, 0.3) is 0 Å². The molecular formula is C38H47F3O5. The van der Waals surface area contributed by atoms with Crippen LogP contribution in [0.3, 0.4) is 0 Å². The standard InChI is InChI=1S/C38H47F3O5/c1-3-5-7-9-10-11-12-14-26-44-34-24-21-30-27-32(20-19-31(30)28-34)37(43)45-33-22-16-29(17-23-33)18-25-36(42)46-35(38(39,40)41)15-13-8-6-4-2/h16-25,27-28,35H,3-15,26H2,1-2H3/t35-/m1/s1. The SMILES string of the molecule is CCCCCCCCCCOc1ccc2cc(C(=O)Oc3ccc(C=CC(=O)O[C@H](CCCCCC)C(F)(F)F)cc3)ccc2c1. The first-order chi connectivity index (χ1) is 22.2. The van der Waals surface area contributed by atoms with Gasteiger partial charge in [0.1, 0.15) is 11.5 Å². The minimum atomic E-state index is -4.62. The van der Waals surface area contributed by atoms with Crippen LogP contribution in [0.5, 0.6) is 11.5 Å². The van der Waals surface area contributed by atoms with Crippen LogP contribution in [-0.4, -0.2) is 30.8 Å². The molecule has 3 aromatic carbocycles. The first kappa shape index (κ1) is 36.7. The van der Waals surface area contributed by atoms with Gasteiger partial charge < -0.3 is 14.2 Å². The zero-order valence-corrected chi connectivity index (χ0v) is 27.1. The molecule has 1 atom stereocenters. The Morgan fingerprint density at radius 1 is 0.717 bits per heavy atom. The minimum Gasteiger partial charge on any atom is -0.494 e. The molecule has 0 radical (unpaired) electrons. The summed E-state index contributed by atoms with van der Waals surface area (Å²) in [6, 6.07) is 17.4. The number of halogens is 3. The lowest BCUT2D eigenvalue weighted by Crippen LogP contribution is -2.33. The molecule has 5 nitrogen and oxygen atoms in total. The van der Waals surface area contributed by atoms with E-state index < -0.39 is 24.2 Å². The molecule has 0 unspecified atom stereocenters. The summed E-state index contributed by atoms with van der Waals surface area (Å²) in [4.78, 5) is 24.9. The van der Waals surface area contributed by atoms with Gasteiger partial charge in [0.2, 0.25) is 0 Å². The number of unbranched alkanes of at least 4 members (excludes halogenated alkanes) is 10. The maximum absolute atomic E-state index is 13.3. The van der Waals surface area contributed by atoms with Crippen LogP contribution in [0, 0.1) is 0 Å². The number of hydrogen-bond acceptors (Lipinski definition) is 5. The fourth-order valence-electron chi connectivity index (χ4n) is 5.07. The van der Waals surface area contributed by atoms with Crippen LogP contribution in [0.25, 0.3) is 16.8 Å². The Labute approximate surface area is 271 Å². The number of benzene rings is 3. The topological polar surface area (TPSA) is 61.8 Å². The molecule has 3 aromatic rings. The zero-order chi connectivity index (χ0) is 33.2. The second-order valence-electron chi connectivity index (χ2n) is 11.7. The summed E-state index contributed by atoms with van der Waals surface area (Å²) < 4.78 is 56.0. The fourth-order valence-corrected chi connectivity index (χ4v) is 5.07. The molecule has 0 aromatic heterocycles. The van der Waals surface area contributed by atoms with Gasteiger partial charge in [-0.3, -0.25) is 0 Å². The van der Waals surface area contributed by atoms with Crippen molar-refractivity contribution in [1.82, 2.24) is 0 Å². The quantitative estimate of drug-likeness (QED) is 0.0532. The van der Waals surface area contributed by atoms with Crippen LogP contribution in [0.15, 0.2) is 66.7 Å². The van der Waals surface area contributed by atoms with Crippen molar-refractivity contribution in [3.63, 3.8) is 0 Å². The van der Waals surface area contributed by atoms with E-state index in [1.54, 1.807) is 36.4 Å². The highest BCUT2D eigenvalue weighted by molar-refractivity contribution is 5.96. The average Bonchev–Trinajstić information content (AvgIpc) is 3.04. The van der Waals surface area contributed by atoms with E-state index in [0.717, 1.165) is 41.9 Å².